The number of amides is 1. The van der Waals surface area contributed by atoms with Gasteiger partial charge >= 0.3 is 0 Å². The van der Waals surface area contributed by atoms with Gasteiger partial charge in [-0.2, -0.15) is 0 Å². The molecule has 7 nitrogen and oxygen atoms in total. The summed E-state index contributed by atoms with van der Waals surface area (Å²) in [6, 6.07) is 12.6. The second-order valence-corrected chi connectivity index (χ2v) is 8.91. The van der Waals surface area contributed by atoms with Crippen molar-refractivity contribution in [3.63, 3.8) is 0 Å². The molecule has 3 rings (SSSR count). The van der Waals surface area contributed by atoms with Crippen LogP contribution in [-0.2, 0) is 17.1 Å². The van der Waals surface area contributed by atoms with Crippen LogP contribution in [-0.4, -0.2) is 26.0 Å². The molecule has 0 atom stereocenters. The monoisotopic (exact) mass is 467 g/mol. The third-order valence-electron chi connectivity index (χ3n) is 4.43. The molecule has 0 saturated heterocycles. The smallest absolute Gasteiger partial charge is 0.272 e. The molecule has 2 N–H and O–H groups in total. The summed E-state index contributed by atoms with van der Waals surface area (Å²) in [4.78, 5) is 12.6. The minimum absolute atomic E-state index is 0.0408. The van der Waals surface area contributed by atoms with Crippen LogP contribution >= 0.6 is 23.2 Å². The van der Waals surface area contributed by atoms with Crippen LogP contribution in [0.4, 0.5) is 11.4 Å². The van der Waals surface area contributed by atoms with Crippen LogP contribution < -0.4 is 14.8 Å². The lowest BCUT2D eigenvalue weighted by molar-refractivity contribution is 0.101. The summed E-state index contributed by atoms with van der Waals surface area (Å²) in [6.45, 7) is 1.67. The first-order chi connectivity index (χ1) is 14.1. The van der Waals surface area contributed by atoms with E-state index < -0.39 is 15.9 Å². The third-order valence-corrected chi connectivity index (χ3v) is 6.79. The first-order valence-corrected chi connectivity index (χ1v) is 11.0. The second kappa shape index (κ2) is 8.59. The van der Waals surface area contributed by atoms with Crippen molar-refractivity contribution in [3.05, 3.63) is 70.0 Å². The van der Waals surface area contributed by atoms with Crippen LogP contribution in [0.5, 0.6) is 5.75 Å². The van der Waals surface area contributed by atoms with Gasteiger partial charge in [-0.15, -0.1) is 0 Å². The maximum Gasteiger partial charge on any atom is 0.272 e. The lowest BCUT2D eigenvalue weighted by Crippen LogP contribution is -2.17. The van der Waals surface area contributed by atoms with Gasteiger partial charge in [0.2, 0.25) is 0 Å². The molecule has 0 bridgehead atoms. The van der Waals surface area contributed by atoms with Gasteiger partial charge in [0, 0.05) is 18.4 Å². The van der Waals surface area contributed by atoms with Gasteiger partial charge in [-0.1, -0.05) is 29.3 Å². The summed E-state index contributed by atoms with van der Waals surface area (Å²) in [5.74, 6) is 0.140. The molecular formula is C20H19Cl2N3O4S. The molecule has 0 saturated carbocycles. The largest absolute Gasteiger partial charge is 0.497 e. The number of halogens is 2. The van der Waals surface area contributed by atoms with Gasteiger partial charge in [-0.05, 0) is 55.0 Å². The molecule has 0 aliphatic rings. The van der Waals surface area contributed by atoms with Crippen LogP contribution in [0.25, 0.3) is 0 Å². The fourth-order valence-corrected chi connectivity index (χ4v) is 4.50. The topological polar surface area (TPSA) is 89.4 Å². The number of aromatic nitrogens is 1. The maximum atomic E-state index is 12.9. The third kappa shape index (κ3) is 4.56. The van der Waals surface area contributed by atoms with E-state index in [0.29, 0.717) is 22.7 Å². The van der Waals surface area contributed by atoms with E-state index in [4.69, 9.17) is 27.9 Å². The van der Waals surface area contributed by atoms with Crippen molar-refractivity contribution < 1.29 is 17.9 Å². The van der Waals surface area contributed by atoms with Crippen molar-refractivity contribution in [1.29, 1.82) is 0 Å². The fourth-order valence-electron chi connectivity index (χ4n) is 2.79. The zero-order valence-corrected chi connectivity index (χ0v) is 18.7. The Morgan fingerprint density at radius 3 is 2.23 bits per heavy atom. The first kappa shape index (κ1) is 22.0. The normalized spacial score (nSPS) is 11.2. The van der Waals surface area contributed by atoms with E-state index in [0.717, 1.165) is 0 Å². The number of hydrogen-bond acceptors (Lipinski definition) is 4. The second-order valence-electron chi connectivity index (χ2n) is 6.50. The number of aryl methyl sites for hydroxylation is 1. The molecule has 1 aromatic heterocycles. The zero-order chi connectivity index (χ0) is 22.1. The number of carbonyl (C=O) groups excluding carboxylic acids is 1. The van der Waals surface area contributed by atoms with Gasteiger partial charge in [0.25, 0.3) is 15.9 Å². The Morgan fingerprint density at radius 2 is 1.67 bits per heavy atom. The van der Waals surface area contributed by atoms with E-state index in [1.165, 1.54) is 23.8 Å². The Balaban J connectivity index is 1.86. The van der Waals surface area contributed by atoms with E-state index in [1.807, 2.05) is 0 Å². The molecule has 0 fully saturated rings. The molecule has 0 aliphatic carbocycles. The summed E-state index contributed by atoms with van der Waals surface area (Å²) in [7, 11) is -0.755. The molecule has 1 heterocycles. The van der Waals surface area contributed by atoms with E-state index >= 15 is 0 Å². The summed E-state index contributed by atoms with van der Waals surface area (Å²) in [5, 5.41) is 3.16. The number of hydrogen-bond donors (Lipinski definition) is 2. The average Bonchev–Trinajstić information content (AvgIpc) is 2.97. The molecule has 2 aromatic carbocycles. The number of anilines is 2. The summed E-state index contributed by atoms with van der Waals surface area (Å²) < 4.78 is 34.8. The predicted octanol–water partition coefficient (Wildman–Crippen LogP) is 4.70. The van der Waals surface area contributed by atoms with E-state index in [9.17, 15) is 13.2 Å². The quantitative estimate of drug-likeness (QED) is 0.549. The van der Waals surface area contributed by atoms with Crippen LogP contribution in [0.3, 0.4) is 0 Å². The van der Waals surface area contributed by atoms with Crippen LogP contribution in [0, 0.1) is 6.92 Å². The van der Waals surface area contributed by atoms with Crippen LogP contribution in [0.15, 0.2) is 53.4 Å². The van der Waals surface area contributed by atoms with Gasteiger partial charge in [0.15, 0.2) is 0 Å². The van der Waals surface area contributed by atoms with E-state index in [2.05, 4.69) is 10.0 Å². The Hall–Kier alpha value is -2.68. The zero-order valence-electron chi connectivity index (χ0n) is 16.4. The highest BCUT2D eigenvalue weighted by molar-refractivity contribution is 7.92. The molecule has 1 amide bonds. The fraction of sp³-hybridized carbons (Fsp3) is 0.150. The molecule has 0 spiro atoms. The molecule has 0 aliphatic heterocycles. The number of ether oxygens (including phenoxy) is 1. The number of sulfonamides is 1. The Labute approximate surface area is 184 Å². The number of nitrogens with zero attached hydrogens (tertiary/aromatic N) is 1. The molecule has 10 heteroatoms. The molecule has 0 radical (unpaired) electrons. The van der Waals surface area contributed by atoms with Gasteiger partial charge in [0.05, 0.1) is 17.0 Å². The lowest BCUT2D eigenvalue weighted by Gasteiger charge is -2.13. The number of carbonyl (C=O) groups is 1. The Morgan fingerprint density at radius 1 is 1.03 bits per heavy atom. The molecular weight excluding hydrogens is 449 g/mol. The van der Waals surface area contributed by atoms with E-state index in [1.54, 1.807) is 50.4 Å². The molecule has 30 heavy (non-hydrogen) atoms. The average molecular weight is 468 g/mol. The van der Waals surface area contributed by atoms with Gasteiger partial charge in [-0.25, -0.2) is 8.42 Å². The Kier molecular flexibility index (Phi) is 6.30. The lowest BCUT2D eigenvalue weighted by atomic mass is 10.2. The highest BCUT2D eigenvalue weighted by Gasteiger charge is 2.20. The predicted molar refractivity (Wildman–Crippen MR) is 118 cm³/mol. The molecule has 158 valence electrons. The van der Waals surface area contributed by atoms with Crippen molar-refractivity contribution in [3.8, 4) is 5.75 Å². The maximum absolute atomic E-state index is 12.9. The Bertz CT molecular complexity index is 1210. The standard InChI is InChI=1S/C20H19Cl2N3O4S/c1-12-4-5-14(23-20(26)17-11-16(21)19(22)25(17)2)10-18(12)30(27,28)24-13-6-8-15(29-3)9-7-13/h4-11,24H,1-3H3,(H,23,26). The van der Waals surface area contributed by atoms with Crippen LogP contribution in [0.1, 0.15) is 16.1 Å². The molecule has 3 aromatic rings. The summed E-state index contributed by atoms with van der Waals surface area (Å²) >= 11 is 12.0. The summed E-state index contributed by atoms with van der Waals surface area (Å²) in [6.07, 6.45) is 0. The minimum atomic E-state index is -3.89. The van der Waals surface area contributed by atoms with Crippen molar-refractivity contribution >= 4 is 50.5 Å². The van der Waals surface area contributed by atoms with Crippen LogP contribution in [0.2, 0.25) is 10.2 Å². The van der Waals surface area contributed by atoms with Gasteiger partial charge in [0.1, 0.15) is 16.6 Å². The van der Waals surface area contributed by atoms with Crippen molar-refractivity contribution in [2.45, 2.75) is 11.8 Å². The number of rotatable bonds is 6. The molecule has 0 unspecified atom stereocenters. The van der Waals surface area contributed by atoms with Crippen molar-refractivity contribution in [2.24, 2.45) is 7.05 Å². The highest BCUT2D eigenvalue weighted by atomic mass is 35.5. The van der Waals surface area contributed by atoms with Gasteiger partial charge in [-0.3, -0.25) is 9.52 Å². The van der Waals surface area contributed by atoms with Crippen molar-refractivity contribution in [2.75, 3.05) is 17.1 Å². The number of benzene rings is 2. The van der Waals surface area contributed by atoms with Gasteiger partial charge < -0.3 is 14.6 Å². The SMILES string of the molecule is COc1ccc(NS(=O)(=O)c2cc(NC(=O)c3cc(Cl)c(Cl)n3C)ccc2C)cc1. The number of nitrogens with one attached hydrogen (secondary N) is 2. The number of methoxy groups -OCH3 is 1. The first-order valence-electron chi connectivity index (χ1n) is 8.72. The van der Waals surface area contributed by atoms with Crippen molar-refractivity contribution in [1.82, 2.24) is 4.57 Å². The van der Waals surface area contributed by atoms with E-state index in [-0.39, 0.29) is 20.8 Å². The highest BCUT2D eigenvalue weighted by Crippen LogP contribution is 2.27. The minimum Gasteiger partial charge on any atom is -0.497 e. The summed E-state index contributed by atoms with van der Waals surface area (Å²) in [5.41, 5.74) is 1.47.